The Morgan fingerprint density at radius 3 is 1.45 bits per heavy atom. The number of ether oxygens (including phenoxy) is 1. The first kappa shape index (κ1) is 21.8. The fourth-order valence-electron chi connectivity index (χ4n) is 4.19. The number of halogens is 2. The fourth-order valence-corrected chi connectivity index (χ4v) is 4.96. The Hall–Kier alpha value is -2.46. The highest BCUT2D eigenvalue weighted by Gasteiger charge is 2.40. The van der Waals surface area contributed by atoms with Crippen molar-refractivity contribution < 1.29 is 4.74 Å². The smallest absolute Gasteiger partial charge is 0.0982 e. The number of nitrogens with two attached hydrogens (primary N) is 2. The van der Waals surface area contributed by atoms with Crippen LogP contribution in [0.4, 0.5) is 0 Å². The fraction of sp³-hybridized carbons (Fsp3) is 0.231. The van der Waals surface area contributed by atoms with Crippen molar-refractivity contribution in [2.45, 2.75) is 9.75 Å². The molecule has 3 nitrogen and oxygen atoms in total. The van der Waals surface area contributed by atoms with E-state index in [-0.39, 0.29) is 11.8 Å². The van der Waals surface area contributed by atoms with Crippen LogP contribution in [0.2, 0.25) is 0 Å². The van der Waals surface area contributed by atoms with Gasteiger partial charge in [0, 0.05) is 23.2 Å². The third kappa shape index (κ3) is 4.45. The Balaban J connectivity index is 1.50. The molecular formula is C26H26Cl2N2O. The predicted octanol–water partition coefficient (Wildman–Crippen LogP) is 5.33. The quantitative estimate of drug-likeness (QED) is 0.582. The molecule has 31 heavy (non-hydrogen) atoms. The molecule has 4 N–H and O–H groups in total. The van der Waals surface area contributed by atoms with Crippen molar-refractivity contribution in [1.29, 1.82) is 0 Å². The van der Waals surface area contributed by atoms with Crippen LogP contribution in [-0.2, 0) is 14.5 Å². The van der Waals surface area contributed by atoms with Crippen LogP contribution in [0.25, 0.3) is 0 Å². The number of benzene rings is 2. The van der Waals surface area contributed by atoms with Gasteiger partial charge in [0.05, 0.1) is 23.0 Å². The molecule has 0 aliphatic heterocycles. The second kappa shape index (κ2) is 8.96. The van der Waals surface area contributed by atoms with Crippen molar-refractivity contribution in [3.8, 4) is 0 Å². The number of hydrogen-bond donors (Lipinski definition) is 2. The van der Waals surface area contributed by atoms with E-state index < -0.39 is 9.75 Å². The molecule has 4 rings (SSSR count). The first-order valence-corrected chi connectivity index (χ1v) is 11.1. The average molecular weight is 453 g/mol. The lowest BCUT2D eigenvalue weighted by Gasteiger charge is -2.36. The van der Waals surface area contributed by atoms with E-state index in [2.05, 4.69) is 0 Å². The van der Waals surface area contributed by atoms with E-state index in [9.17, 15) is 0 Å². The van der Waals surface area contributed by atoms with Gasteiger partial charge in [0.25, 0.3) is 0 Å². The van der Waals surface area contributed by atoms with Gasteiger partial charge in [-0.2, -0.15) is 0 Å². The molecule has 0 fully saturated rings. The molecule has 2 aliphatic carbocycles. The van der Waals surface area contributed by atoms with Crippen LogP contribution in [0.1, 0.15) is 11.1 Å². The topological polar surface area (TPSA) is 61.3 Å². The molecule has 0 bridgehead atoms. The Bertz CT molecular complexity index is 948. The van der Waals surface area contributed by atoms with Crippen molar-refractivity contribution in [3.63, 3.8) is 0 Å². The zero-order chi connectivity index (χ0) is 21.9. The van der Waals surface area contributed by atoms with Crippen LogP contribution in [-0.4, -0.2) is 13.2 Å². The lowest BCUT2D eigenvalue weighted by molar-refractivity contribution is 0.0785. The van der Waals surface area contributed by atoms with Crippen LogP contribution in [0.3, 0.4) is 0 Å². The molecule has 2 aromatic carbocycles. The second-order valence-electron chi connectivity index (χ2n) is 8.03. The van der Waals surface area contributed by atoms with E-state index in [1.165, 1.54) is 0 Å². The van der Waals surface area contributed by atoms with Crippen LogP contribution < -0.4 is 11.5 Å². The van der Waals surface area contributed by atoms with Gasteiger partial charge in [0.15, 0.2) is 0 Å². The van der Waals surface area contributed by atoms with Crippen LogP contribution in [0.15, 0.2) is 109 Å². The molecule has 4 atom stereocenters. The first-order valence-electron chi connectivity index (χ1n) is 10.3. The van der Waals surface area contributed by atoms with Crippen LogP contribution in [0, 0.1) is 11.8 Å². The molecule has 0 aromatic heterocycles. The Kier molecular flexibility index (Phi) is 6.29. The maximum Gasteiger partial charge on any atom is 0.0982 e. The van der Waals surface area contributed by atoms with Gasteiger partial charge in [-0.3, -0.25) is 0 Å². The molecule has 0 radical (unpaired) electrons. The van der Waals surface area contributed by atoms with E-state index in [0.29, 0.717) is 24.6 Å². The van der Waals surface area contributed by atoms with Crippen molar-refractivity contribution in [2.75, 3.05) is 13.2 Å². The monoisotopic (exact) mass is 452 g/mol. The minimum atomic E-state index is -0.760. The normalized spacial score (nSPS) is 30.0. The maximum atomic E-state index is 7.10. The summed E-state index contributed by atoms with van der Waals surface area (Å²) in [4.78, 5) is -1.52. The SMILES string of the molecule is NC1=CC(Cl)(c2ccccc2)C(COCC2C=CC(N)=CC2(Cl)c2ccccc2)C=C1. The summed E-state index contributed by atoms with van der Waals surface area (Å²) in [5, 5.41) is 0. The molecule has 0 spiro atoms. The van der Waals surface area contributed by atoms with Crippen LogP contribution in [0.5, 0.6) is 0 Å². The van der Waals surface area contributed by atoms with Crippen LogP contribution >= 0.6 is 23.2 Å². The maximum absolute atomic E-state index is 7.10. The third-order valence-electron chi connectivity index (χ3n) is 5.90. The van der Waals surface area contributed by atoms with Gasteiger partial charge in [-0.25, -0.2) is 0 Å². The van der Waals surface area contributed by atoms with E-state index in [4.69, 9.17) is 39.4 Å². The standard InChI is InChI=1S/C26H26Cl2N2O/c27-25(19-7-3-1-4-8-19)15-23(29)13-11-21(25)17-31-18-22-12-14-24(30)16-26(22,28)20-9-5-2-6-10-20/h1-16,21-22H,17-18,29-30H2. The highest BCUT2D eigenvalue weighted by molar-refractivity contribution is 6.26. The number of allylic oxidation sites excluding steroid dienone is 4. The first-order chi connectivity index (χ1) is 14.9. The second-order valence-corrected chi connectivity index (χ2v) is 9.28. The largest absolute Gasteiger partial charge is 0.399 e. The van der Waals surface area contributed by atoms with Gasteiger partial charge in [-0.1, -0.05) is 72.8 Å². The average Bonchev–Trinajstić information content (AvgIpc) is 2.78. The summed E-state index contributed by atoms with van der Waals surface area (Å²) in [5.41, 5.74) is 15.4. The third-order valence-corrected chi connectivity index (χ3v) is 7.12. The van der Waals surface area contributed by atoms with Gasteiger partial charge in [-0.05, 0) is 35.4 Å². The molecule has 0 amide bonds. The van der Waals surface area contributed by atoms with Gasteiger partial charge in [0.1, 0.15) is 0 Å². The highest BCUT2D eigenvalue weighted by atomic mass is 35.5. The molecular weight excluding hydrogens is 427 g/mol. The number of alkyl halides is 2. The Morgan fingerprint density at radius 2 is 1.06 bits per heavy atom. The van der Waals surface area contributed by atoms with Gasteiger partial charge in [0.2, 0.25) is 0 Å². The summed E-state index contributed by atoms with van der Waals surface area (Å²) in [5.74, 6) is -0.142. The van der Waals surface area contributed by atoms with Crippen molar-refractivity contribution in [2.24, 2.45) is 23.3 Å². The van der Waals surface area contributed by atoms with Gasteiger partial charge < -0.3 is 16.2 Å². The summed E-state index contributed by atoms with van der Waals surface area (Å²) in [6, 6.07) is 19.9. The highest BCUT2D eigenvalue weighted by Crippen LogP contribution is 2.44. The minimum absolute atomic E-state index is 0.0708. The van der Waals surface area contributed by atoms with Crippen molar-refractivity contribution in [3.05, 3.63) is 120 Å². The van der Waals surface area contributed by atoms with Gasteiger partial charge in [-0.15, -0.1) is 23.2 Å². The van der Waals surface area contributed by atoms with Crippen molar-refractivity contribution >= 4 is 23.2 Å². The summed E-state index contributed by atoms with van der Waals surface area (Å²) in [6.45, 7) is 0.869. The van der Waals surface area contributed by atoms with E-state index >= 15 is 0 Å². The number of rotatable bonds is 6. The molecule has 0 heterocycles. The lowest BCUT2D eigenvalue weighted by atomic mass is 9.81. The zero-order valence-electron chi connectivity index (χ0n) is 17.1. The number of hydrogen-bond acceptors (Lipinski definition) is 3. The molecule has 160 valence electrons. The lowest BCUT2D eigenvalue weighted by Crippen LogP contribution is -2.36. The molecule has 5 heteroatoms. The summed E-state index contributed by atoms with van der Waals surface area (Å²) >= 11 is 14.2. The van der Waals surface area contributed by atoms with Crippen molar-refractivity contribution in [1.82, 2.24) is 0 Å². The van der Waals surface area contributed by atoms with E-state index in [1.54, 1.807) is 0 Å². The minimum Gasteiger partial charge on any atom is -0.399 e. The van der Waals surface area contributed by atoms with Gasteiger partial charge >= 0.3 is 0 Å². The molecule has 0 saturated carbocycles. The van der Waals surface area contributed by atoms with E-state index in [0.717, 1.165) is 11.1 Å². The molecule has 2 aromatic rings. The molecule has 2 aliphatic rings. The Labute approximate surface area is 193 Å². The zero-order valence-corrected chi connectivity index (χ0v) is 18.6. The molecule has 0 saturated heterocycles. The summed E-state index contributed by atoms with van der Waals surface area (Å²) < 4.78 is 6.21. The predicted molar refractivity (Wildman–Crippen MR) is 129 cm³/mol. The summed E-state index contributed by atoms with van der Waals surface area (Å²) in [6.07, 6.45) is 11.6. The molecule has 4 unspecified atom stereocenters. The van der Waals surface area contributed by atoms with E-state index in [1.807, 2.05) is 97.1 Å². The Morgan fingerprint density at radius 1 is 0.677 bits per heavy atom. The summed E-state index contributed by atoms with van der Waals surface area (Å²) in [7, 11) is 0.